The number of aryl methyl sites for hydroxylation is 1. The number of benzene rings is 2. The zero-order valence-corrected chi connectivity index (χ0v) is 17.2. The molecule has 1 saturated heterocycles. The van der Waals surface area contributed by atoms with Crippen LogP contribution in [0.3, 0.4) is 0 Å². The van der Waals surface area contributed by atoms with Crippen LogP contribution in [0, 0.1) is 12.7 Å². The quantitative estimate of drug-likeness (QED) is 0.507. The van der Waals surface area contributed by atoms with Crippen molar-refractivity contribution in [3.63, 3.8) is 0 Å². The Labute approximate surface area is 179 Å². The maximum absolute atomic E-state index is 14.7. The van der Waals surface area contributed by atoms with Gasteiger partial charge < -0.3 is 15.8 Å². The molecule has 31 heavy (non-hydrogen) atoms. The van der Waals surface area contributed by atoms with Gasteiger partial charge in [0, 0.05) is 18.7 Å². The molecule has 0 aliphatic carbocycles. The first-order valence-corrected chi connectivity index (χ1v) is 10.3. The lowest BCUT2D eigenvalue weighted by Crippen LogP contribution is -2.19. The second-order valence-electron chi connectivity index (χ2n) is 7.73. The molecule has 1 unspecified atom stereocenters. The van der Waals surface area contributed by atoms with Gasteiger partial charge >= 0.3 is 0 Å². The first kappa shape index (κ1) is 19.4. The normalized spacial score (nSPS) is 16.1. The average molecular weight is 418 g/mol. The lowest BCUT2D eigenvalue weighted by molar-refractivity contribution is 0.120. The van der Waals surface area contributed by atoms with Crippen LogP contribution in [0.15, 0.2) is 48.5 Å². The molecule has 7 nitrogen and oxygen atoms in total. The summed E-state index contributed by atoms with van der Waals surface area (Å²) in [5.41, 5.74) is 9.55. The number of hydrogen-bond acceptors (Lipinski definition) is 6. The van der Waals surface area contributed by atoms with Crippen LogP contribution in [0.1, 0.15) is 18.4 Å². The Morgan fingerprint density at radius 1 is 1.19 bits per heavy atom. The number of hydrogen-bond donors (Lipinski definition) is 2. The van der Waals surface area contributed by atoms with Crippen LogP contribution < -0.4 is 11.1 Å². The van der Waals surface area contributed by atoms with Crippen LogP contribution in [0.5, 0.6) is 0 Å². The van der Waals surface area contributed by atoms with Gasteiger partial charge in [-0.1, -0.05) is 24.3 Å². The molecule has 5 rings (SSSR count). The van der Waals surface area contributed by atoms with E-state index in [2.05, 4.69) is 20.4 Å². The molecule has 3 N–H and O–H groups in total. The van der Waals surface area contributed by atoms with Gasteiger partial charge in [-0.25, -0.2) is 14.1 Å². The van der Waals surface area contributed by atoms with Gasteiger partial charge in [-0.2, -0.15) is 4.98 Å². The predicted octanol–water partition coefficient (Wildman–Crippen LogP) is 4.10. The smallest absolute Gasteiger partial charge is 0.225 e. The number of nitrogen functional groups attached to an aromatic ring is 1. The van der Waals surface area contributed by atoms with E-state index in [-0.39, 0.29) is 11.9 Å². The minimum Gasteiger partial charge on any atom is -0.383 e. The van der Waals surface area contributed by atoms with Crippen LogP contribution in [-0.4, -0.2) is 39.0 Å². The minimum atomic E-state index is -0.379. The van der Waals surface area contributed by atoms with Gasteiger partial charge in [0.2, 0.25) is 5.95 Å². The summed E-state index contributed by atoms with van der Waals surface area (Å²) in [5.74, 6) is 0.356. The summed E-state index contributed by atoms with van der Waals surface area (Å²) in [4.78, 5) is 9.20. The zero-order chi connectivity index (χ0) is 21.4. The van der Waals surface area contributed by atoms with E-state index in [0.717, 1.165) is 30.7 Å². The average Bonchev–Trinajstić information content (AvgIpc) is 3.40. The Balaban J connectivity index is 1.66. The van der Waals surface area contributed by atoms with E-state index >= 15 is 0 Å². The van der Waals surface area contributed by atoms with Crippen LogP contribution in [-0.2, 0) is 4.74 Å². The summed E-state index contributed by atoms with van der Waals surface area (Å²) in [5, 5.41) is 8.38. The van der Waals surface area contributed by atoms with Crippen LogP contribution in [0.4, 0.5) is 16.2 Å². The van der Waals surface area contributed by atoms with E-state index in [1.807, 2.05) is 31.2 Å². The van der Waals surface area contributed by atoms with Crippen molar-refractivity contribution in [3.8, 4) is 16.9 Å². The SMILES string of the molecule is Cc1cccc(-n2nc3nc(NCC4CCCO4)nc(-c4ccccc4F)c3c2N)c1. The minimum absolute atomic E-state index is 0.117. The molecule has 0 bridgehead atoms. The highest BCUT2D eigenvalue weighted by Gasteiger charge is 2.22. The summed E-state index contributed by atoms with van der Waals surface area (Å²) in [6, 6.07) is 14.3. The second kappa shape index (κ2) is 7.96. The number of aromatic nitrogens is 4. The number of fused-ring (bicyclic) bond motifs is 1. The van der Waals surface area contributed by atoms with Crippen molar-refractivity contribution in [2.24, 2.45) is 0 Å². The number of nitrogens with zero attached hydrogens (tertiary/aromatic N) is 4. The highest BCUT2D eigenvalue weighted by molar-refractivity contribution is 5.99. The molecule has 4 aromatic rings. The van der Waals surface area contributed by atoms with Crippen molar-refractivity contribution in [2.45, 2.75) is 25.9 Å². The Bertz CT molecular complexity index is 1250. The van der Waals surface area contributed by atoms with Crippen molar-refractivity contribution in [3.05, 3.63) is 59.9 Å². The highest BCUT2D eigenvalue weighted by atomic mass is 19.1. The van der Waals surface area contributed by atoms with Gasteiger partial charge in [-0.05, 0) is 49.6 Å². The Hall–Kier alpha value is -3.52. The van der Waals surface area contributed by atoms with Crippen molar-refractivity contribution in [1.82, 2.24) is 19.7 Å². The van der Waals surface area contributed by atoms with Crippen molar-refractivity contribution >= 4 is 22.8 Å². The fourth-order valence-corrected chi connectivity index (χ4v) is 3.91. The van der Waals surface area contributed by atoms with Gasteiger partial charge in [-0.3, -0.25) is 0 Å². The second-order valence-corrected chi connectivity index (χ2v) is 7.73. The maximum Gasteiger partial charge on any atom is 0.225 e. The first-order chi connectivity index (χ1) is 15.1. The Kier molecular flexibility index (Phi) is 4.99. The zero-order valence-electron chi connectivity index (χ0n) is 17.2. The standard InChI is InChI=1S/C23H23FN6O/c1-14-6-4-7-15(12-14)30-21(25)19-20(17-9-2-3-10-18(17)24)27-23(28-22(19)29-30)26-13-16-8-5-11-31-16/h2-4,6-7,9-10,12,16H,5,8,11,13,25H2,1H3,(H,26,28,29). The lowest BCUT2D eigenvalue weighted by atomic mass is 10.1. The molecule has 0 spiro atoms. The number of ether oxygens (including phenoxy) is 1. The third-order valence-corrected chi connectivity index (χ3v) is 5.46. The van der Waals surface area contributed by atoms with Crippen molar-refractivity contribution in [1.29, 1.82) is 0 Å². The summed E-state index contributed by atoms with van der Waals surface area (Å²) >= 11 is 0. The third-order valence-electron chi connectivity index (χ3n) is 5.46. The van der Waals surface area contributed by atoms with Crippen molar-refractivity contribution in [2.75, 3.05) is 24.2 Å². The van der Waals surface area contributed by atoms with Crippen molar-refractivity contribution < 1.29 is 9.13 Å². The molecule has 158 valence electrons. The van der Waals surface area contributed by atoms with Crippen LogP contribution in [0.2, 0.25) is 0 Å². The van der Waals surface area contributed by atoms with Gasteiger partial charge in [0.15, 0.2) is 5.65 Å². The molecule has 2 aromatic heterocycles. The third kappa shape index (κ3) is 3.70. The van der Waals surface area contributed by atoms with Gasteiger partial charge in [0.1, 0.15) is 11.6 Å². The van der Waals surface area contributed by atoms with Gasteiger partial charge in [0.25, 0.3) is 0 Å². The molecule has 1 aliphatic rings. The van der Waals surface area contributed by atoms with Crippen LogP contribution in [0.25, 0.3) is 28.0 Å². The van der Waals surface area contributed by atoms with Gasteiger partial charge in [-0.15, -0.1) is 5.10 Å². The number of anilines is 2. The number of nitrogens with one attached hydrogen (secondary N) is 1. The molecule has 0 amide bonds. The summed E-state index contributed by atoms with van der Waals surface area (Å²) in [6.45, 7) is 3.35. The largest absolute Gasteiger partial charge is 0.383 e. The predicted molar refractivity (Wildman–Crippen MR) is 119 cm³/mol. The highest BCUT2D eigenvalue weighted by Crippen LogP contribution is 2.34. The fourth-order valence-electron chi connectivity index (χ4n) is 3.91. The molecule has 1 fully saturated rings. The number of nitrogens with two attached hydrogens (primary N) is 1. The van der Waals surface area contributed by atoms with E-state index in [1.165, 1.54) is 6.07 Å². The molecular formula is C23H23FN6O. The first-order valence-electron chi connectivity index (χ1n) is 10.3. The van der Waals surface area contributed by atoms with Gasteiger partial charge in [0.05, 0.1) is 22.9 Å². The topological polar surface area (TPSA) is 90.9 Å². The Morgan fingerprint density at radius 2 is 2.06 bits per heavy atom. The molecule has 1 aliphatic heterocycles. The molecule has 1 atom stereocenters. The van der Waals surface area contributed by atoms with E-state index in [9.17, 15) is 4.39 Å². The molecule has 8 heteroatoms. The molecule has 0 radical (unpaired) electrons. The summed E-state index contributed by atoms with van der Waals surface area (Å²) in [7, 11) is 0. The van der Waals surface area contributed by atoms with E-state index in [1.54, 1.807) is 22.9 Å². The monoisotopic (exact) mass is 418 g/mol. The molecule has 2 aromatic carbocycles. The van der Waals surface area contributed by atoms with E-state index in [4.69, 9.17) is 10.5 Å². The number of rotatable bonds is 5. The number of halogens is 1. The van der Waals surface area contributed by atoms with E-state index < -0.39 is 0 Å². The fraction of sp³-hybridized carbons (Fsp3) is 0.261. The lowest BCUT2D eigenvalue weighted by Gasteiger charge is -2.12. The Morgan fingerprint density at radius 3 is 2.84 bits per heavy atom. The van der Waals surface area contributed by atoms with E-state index in [0.29, 0.717) is 40.6 Å². The molecular weight excluding hydrogens is 395 g/mol. The summed E-state index contributed by atoms with van der Waals surface area (Å²) < 4.78 is 22.0. The van der Waals surface area contributed by atoms with Crippen LogP contribution >= 0.6 is 0 Å². The summed E-state index contributed by atoms with van der Waals surface area (Å²) in [6.07, 6.45) is 2.15. The maximum atomic E-state index is 14.7. The molecule has 3 heterocycles. The molecule has 0 saturated carbocycles.